The molecular formula is C23H29N7O2. The van der Waals surface area contributed by atoms with Crippen LogP contribution in [0.1, 0.15) is 49.2 Å². The number of hydrogen-bond donors (Lipinski definition) is 2. The third-order valence-electron chi connectivity index (χ3n) is 6.05. The van der Waals surface area contributed by atoms with E-state index < -0.39 is 0 Å². The van der Waals surface area contributed by atoms with Crippen LogP contribution in [0.15, 0.2) is 30.6 Å². The third kappa shape index (κ3) is 4.25. The molecule has 5 rings (SSSR count). The Morgan fingerprint density at radius 3 is 2.78 bits per heavy atom. The van der Waals surface area contributed by atoms with Crippen molar-refractivity contribution in [3.05, 3.63) is 41.9 Å². The van der Waals surface area contributed by atoms with E-state index in [1.807, 2.05) is 29.7 Å². The highest BCUT2D eigenvalue weighted by atomic mass is 16.5. The number of pyridine rings is 1. The Bertz CT molecular complexity index is 1140. The highest BCUT2D eigenvalue weighted by Crippen LogP contribution is 2.29. The number of aryl methyl sites for hydroxylation is 1. The van der Waals surface area contributed by atoms with Gasteiger partial charge in [0.15, 0.2) is 11.6 Å². The maximum atomic E-state index is 13.1. The van der Waals surface area contributed by atoms with Gasteiger partial charge in [-0.15, -0.1) is 10.2 Å². The van der Waals surface area contributed by atoms with Gasteiger partial charge in [-0.2, -0.15) is 0 Å². The normalized spacial score (nSPS) is 18.4. The Hall–Kier alpha value is -3.20. The third-order valence-corrected chi connectivity index (χ3v) is 6.05. The molecule has 2 fully saturated rings. The van der Waals surface area contributed by atoms with Crippen molar-refractivity contribution in [3.8, 4) is 5.75 Å². The van der Waals surface area contributed by atoms with Gasteiger partial charge >= 0.3 is 0 Å². The van der Waals surface area contributed by atoms with Crippen LogP contribution in [0.2, 0.25) is 0 Å². The summed E-state index contributed by atoms with van der Waals surface area (Å²) in [7, 11) is 0. The number of rotatable bonds is 5. The molecule has 1 saturated heterocycles. The van der Waals surface area contributed by atoms with Crippen LogP contribution in [-0.2, 0) is 0 Å². The highest BCUT2D eigenvalue weighted by molar-refractivity contribution is 6.05. The van der Waals surface area contributed by atoms with E-state index in [9.17, 15) is 4.79 Å². The number of nitrogens with zero attached hydrogens (tertiary/aromatic N) is 5. The Labute approximate surface area is 187 Å². The van der Waals surface area contributed by atoms with E-state index in [0.29, 0.717) is 17.1 Å². The predicted molar refractivity (Wildman–Crippen MR) is 122 cm³/mol. The molecule has 2 aliphatic rings. The van der Waals surface area contributed by atoms with E-state index in [0.717, 1.165) is 56.1 Å². The fourth-order valence-electron chi connectivity index (χ4n) is 4.16. The molecule has 32 heavy (non-hydrogen) atoms. The summed E-state index contributed by atoms with van der Waals surface area (Å²) in [6.07, 6.45) is 6.99. The van der Waals surface area contributed by atoms with Crippen LogP contribution in [0.4, 0.5) is 11.6 Å². The maximum Gasteiger partial charge on any atom is 0.262 e. The molecule has 9 nitrogen and oxygen atoms in total. The van der Waals surface area contributed by atoms with E-state index >= 15 is 0 Å². The second-order valence-corrected chi connectivity index (χ2v) is 9.33. The summed E-state index contributed by atoms with van der Waals surface area (Å²) < 4.78 is 7.96. The molecule has 0 aromatic carbocycles. The average molecular weight is 436 g/mol. The molecule has 0 unspecified atom stereocenters. The number of fused-ring (bicyclic) bond motifs is 1. The van der Waals surface area contributed by atoms with Gasteiger partial charge < -0.3 is 24.7 Å². The number of carbonyl (C=O) groups excluding carboxylic acids is 1. The number of piperazine rings is 1. The first-order valence-corrected chi connectivity index (χ1v) is 11.2. The summed E-state index contributed by atoms with van der Waals surface area (Å²) in [5.41, 5.74) is 2.12. The Morgan fingerprint density at radius 1 is 1.25 bits per heavy atom. The van der Waals surface area contributed by atoms with Gasteiger partial charge in [0.2, 0.25) is 0 Å². The van der Waals surface area contributed by atoms with Crippen molar-refractivity contribution in [3.63, 3.8) is 0 Å². The summed E-state index contributed by atoms with van der Waals surface area (Å²) in [6.45, 7) is 8.88. The van der Waals surface area contributed by atoms with E-state index in [-0.39, 0.29) is 17.6 Å². The van der Waals surface area contributed by atoms with E-state index in [1.165, 1.54) is 0 Å². The number of carbonyl (C=O) groups is 1. The number of amides is 1. The average Bonchev–Trinajstić information content (AvgIpc) is 3.08. The van der Waals surface area contributed by atoms with Gasteiger partial charge in [-0.1, -0.05) is 0 Å². The summed E-state index contributed by atoms with van der Waals surface area (Å²) in [4.78, 5) is 19.8. The quantitative estimate of drug-likeness (QED) is 0.636. The molecule has 3 aromatic heterocycles. The van der Waals surface area contributed by atoms with Gasteiger partial charge in [-0.25, -0.2) is 4.98 Å². The van der Waals surface area contributed by atoms with Gasteiger partial charge in [0.05, 0.1) is 17.4 Å². The zero-order chi connectivity index (χ0) is 22.3. The predicted octanol–water partition coefficient (Wildman–Crippen LogP) is 2.80. The van der Waals surface area contributed by atoms with Crippen molar-refractivity contribution in [2.75, 3.05) is 29.9 Å². The minimum absolute atomic E-state index is 0.0218. The number of nitrogens with one attached hydrogen (secondary N) is 2. The topological polar surface area (TPSA) is 96.7 Å². The van der Waals surface area contributed by atoms with Crippen LogP contribution in [0.25, 0.3) is 5.65 Å². The van der Waals surface area contributed by atoms with Crippen LogP contribution in [-0.4, -0.2) is 56.8 Å². The van der Waals surface area contributed by atoms with Gasteiger partial charge in [-0.05, 0) is 52.2 Å². The lowest BCUT2D eigenvalue weighted by molar-refractivity contribution is 0.0990. The van der Waals surface area contributed by atoms with E-state index in [2.05, 4.69) is 44.6 Å². The van der Waals surface area contributed by atoms with Crippen LogP contribution in [0, 0.1) is 6.92 Å². The summed E-state index contributed by atoms with van der Waals surface area (Å²) >= 11 is 0. The Kier molecular flexibility index (Phi) is 5.21. The second kappa shape index (κ2) is 8.05. The maximum absolute atomic E-state index is 13.1. The largest absolute Gasteiger partial charge is 0.489 e. The van der Waals surface area contributed by atoms with Crippen LogP contribution in [0.3, 0.4) is 0 Å². The monoisotopic (exact) mass is 435 g/mol. The standard InChI is InChI=1S/C23H29N7O2/c1-15-12-30-13-17(18(11-21(30)25-15)32-16-5-4-6-16)22(31)26-19-7-8-20(28-27-19)29-10-9-24-23(2,3)14-29/h7-8,11-13,16,24H,4-6,9-10,14H2,1-3H3,(H,26,27,31). The first kappa shape index (κ1) is 20.7. The first-order chi connectivity index (χ1) is 15.4. The van der Waals surface area contributed by atoms with Crippen molar-refractivity contribution in [2.24, 2.45) is 0 Å². The summed E-state index contributed by atoms with van der Waals surface area (Å²) in [5.74, 6) is 1.49. The van der Waals surface area contributed by atoms with Crippen molar-refractivity contribution >= 4 is 23.2 Å². The van der Waals surface area contributed by atoms with Gasteiger partial charge in [0.25, 0.3) is 5.91 Å². The molecule has 1 amide bonds. The fourth-order valence-corrected chi connectivity index (χ4v) is 4.16. The molecular weight excluding hydrogens is 406 g/mol. The van der Waals surface area contributed by atoms with Crippen LogP contribution >= 0.6 is 0 Å². The Balaban J connectivity index is 1.35. The van der Waals surface area contributed by atoms with Crippen molar-refractivity contribution in [1.82, 2.24) is 24.9 Å². The number of aromatic nitrogens is 4. The zero-order valence-electron chi connectivity index (χ0n) is 18.8. The molecule has 1 aliphatic heterocycles. The lowest BCUT2D eigenvalue weighted by Gasteiger charge is -2.39. The van der Waals surface area contributed by atoms with Crippen molar-refractivity contribution in [1.29, 1.82) is 0 Å². The molecule has 1 aliphatic carbocycles. The molecule has 0 bridgehead atoms. The molecule has 0 atom stereocenters. The molecule has 9 heteroatoms. The number of anilines is 2. The molecule has 0 radical (unpaired) electrons. The number of imidazole rings is 1. The fraction of sp³-hybridized carbons (Fsp3) is 0.478. The minimum atomic E-state index is -0.280. The lowest BCUT2D eigenvalue weighted by atomic mass is 9.96. The molecule has 1 saturated carbocycles. The van der Waals surface area contributed by atoms with Crippen LogP contribution in [0.5, 0.6) is 5.75 Å². The highest BCUT2D eigenvalue weighted by Gasteiger charge is 2.27. The SMILES string of the molecule is Cc1cn2cc(C(=O)Nc3ccc(N4CCNC(C)(C)C4)nn3)c(OC3CCC3)cc2n1. The Morgan fingerprint density at radius 2 is 2.09 bits per heavy atom. The smallest absolute Gasteiger partial charge is 0.262 e. The first-order valence-electron chi connectivity index (χ1n) is 11.2. The minimum Gasteiger partial charge on any atom is -0.489 e. The molecule has 4 heterocycles. The zero-order valence-corrected chi connectivity index (χ0v) is 18.8. The lowest BCUT2D eigenvalue weighted by Crippen LogP contribution is -2.57. The van der Waals surface area contributed by atoms with Gasteiger partial charge in [0.1, 0.15) is 11.4 Å². The number of hydrogen-bond acceptors (Lipinski definition) is 7. The van der Waals surface area contributed by atoms with Crippen LogP contribution < -0.4 is 20.3 Å². The van der Waals surface area contributed by atoms with Crippen molar-refractivity contribution < 1.29 is 9.53 Å². The van der Waals surface area contributed by atoms with Gasteiger partial charge in [0, 0.05) is 43.6 Å². The molecule has 2 N–H and O–H groups in total. The summed E-state index contributed by atoms with van der Waals surface area (Å²) in [5, 5.41) is 15.0. The molecule has 0 spiro atoms. The van der Waals surface area contributed by atoms with E-state index in [4.69, 9.17) is 4.74 Å². The van der Waals surface area contributed by atoms with Gasteiger partial charge in [-0.3, -0.25) is 4.79 Å². The van der Waals surface area contributed by atoms with Crippen molar-refractivity contribution in [2.45, 2.75) is 51.7 Å². The molecule has 3 aromatic rings. The number of ether oxygens (including phenoxy) is 1. The molecule has 168 valence electrons. The van der Waals surface area contributed by atoms with E-state index in [1.54, 1.807) is 12.3 Å². The second-order valence-electron chi connectivity index (χ2n) is 9.33. The summed E-state index contributed by atoms with van der Waals surface area (Å²) in [6, 6.07) is 5.53.